The number of carbonyl (C=O) groups is 2. The molecule has 0 radical (unpaired) electrons. The highest BCUT2D eigenvalue weighted by molar-refractivity contribution is 6.76. The van der Waals surface area contributed by atoms with Gasteiger partial charge in [0.1, 0.15) is 5.60 Å². The van der Waals surface area contributed by atoms with Crippen molar-refractivity contribution in [2.24, 2.45) is 11.8 Å². The minimum absolute atomic E-state index is 0.141. The van der Waals surface area contributed by atoms with Gasteiger partial charge in [0.25, 0.3) is 0 Å². The molecule has 1 unspecified atom stereocenters. The first-order valence-electron chi connectivity index (χ1n) is 11.1. The third kappa shape index (κ3) is 12.1. The van der Waals surface area contributed by atoms with E-state index in [-0.39, 0.29) is 12.1 Å². The normalized spacial score (nSPS) is 21.2. The van der Waals surface area contributed by atoms with Gasteiger partial charge in [-0.3, -0.25) is 0 Å². The maximum Gasteiger partial charge on any atom is 0.409 e. The molecule has 0 aromatic carbocycles. The lowest BCUT2D eigenvalue weighted by atomic mass is 9.80. The Balaban J connectivity index is 2.63. The lowest BCUT2D eigenvalue weighted by Crippen LogP contribution is -2.47. The molecule has 1 fully saturated rings. The van der Waals surface area contributed by atoms with Crippen LogP contribution in [-0.2, 0) is 9.47 Å². The fourth-order valence-corrected chi connectivity index (χ4v) is 4.29. The minimum Gasteiger partial charge on any atom is -0.450 e. The second kappa shape index (κ2) is 11.2. The fourth-order valence-electron chi connectivity index (χ4n) is 3.58. The Morgan fingerprint density at radius 3 is 2.24 bits per heavy atom. The monoisotopic (exact) mass is 428 g/mol. The molecule has 0 aliphatic heterocycles. The Kier molecular flexibility index (Phi) is 9.99. The molecule has 7 heteroatoms. The van der Waals surface area contributed by atoms with E-state index in [9.17, 15) is 9.59 Å². The number of carbonyl (C=O) groups excluding carboxylic acids is 2. The van der Waals surface area contributed by atoms with Crippen LogP contribution in [0.15, 0.2) is 0 Å². The zero-order chi connectivity index (χ0) is 22.2. The third-order valence-corrected chi connectivity index (χ3v) is 7.06. The highest BCUT2D eigenvalue weighted by Crippen LogP contribution is 2.31. The Morgan fingerprint density at radius 1 is 1.14 bits per heavy atom. The number of nitrogens with one attached hydrogen (secondary N) is 1. The van der Waals surface area contributed by atoms with Gasteiger partial charge in [-0.1, -0.05) is 52.2 Å². The fraction of sp³-hybridized carbons (Fsp3) is 0.909. The summed E-state index contributed by atoms with van der Waals surface area (Å²) < 4.78 is 10.9. The molecule has 0 saturated heterocycles. The van der Waals surface area contributed by atoms with Crippen LogP contribution in [-0.4, -0.2) is 57.0 Å². The van der Waals surface area contributed by atoms with E-state index in [1.165, 1.54) is 25.7 Å². The van der Waals surface area contributed by atoms with E-state index in [1.807, 2.05) is 20.8 Å². The molecule has 0 aromatic heterocycles. The van der Waals surface area contributed by atoms with Crippen LogP contribution >= 0.6 is 0 Å². The molecule has 0 bridgehead atoms. The molecule has 170 valence electrons. The zero-order valence-corrected chi connectivity index (χ0v) is 21.0. The maximum absolute atomic E-state index is 12.4. The Hall–Kier alpha value is -1.24. The van der Waals surface area contributed by atoms with Crippen molar-refractivity contribution < 1.29 is 19.1 Å². The summed E-state index contributed by atoms with van der Waals surface area (Å²) in [6.45, 7) is 15.5. The van der Waals surface area contributed by atoms with Crippen molar-refractivity contribution in [1.29, 1.82) is 0 Å². The summed E-state index contributed by atoms with van der Waals surface area (Å²) in [5.41, 5.74) is -0.545. The summed E-state index contributed by atoms with van der Waals surface area (Å²) >= 11 is 0. The summed E-state index contributed by atoms with van der Waals surface area (Å²) in [5, 5.41) is 2.99. The largest absolute Gasteiger partial charge is 0.450 e. The summed E-state index contributed by atoms with van der Waals surface area (Å²) in [6, 6.07) is 0.810. The molecule has 1 rings (SSSR count). The highest BCUT2D eigenvalue weighted by atomic mass is 28.3. The van der Waals surface area contributed by atoms with E-state index < -0.39 is 19.8 Å². The first-order chi connectivity index (χ1) is 13.2. The number of hydrogen-bond donors (Lipinski definition) is 1. The number of hydrogen-bond acceptors (Lipinski definition) is 4. The van der Waals surface area contributed by atoms with Crippen LogP contribution in [0, 0.1) is 11.8 Å². The molecule has 1 aliphatic rings. The predicted octanol–water partition coefficient (Wildman–Crippen LogP) is 5.50. The SMILES string of the molecule is CC1CCC(CC(CN(C)C(=O)OCC[Si](C)(C)C)NC(=O)OC(C)(C)C)CC1. The van der Waals surface area contributed by atoms with E-state index in [0.717, 1.165) is 18.4 Å². The van der Waals surface area contributed by atoms with Crippen LogP contribution in [0.4, 0.5) is 9.59 Å². The van der Waals surface area contributed by atoms with Crippen LogP contribution < -0.4 is 5.32 Å². The molecule has 1 saturated carbocycles. The maximum atomic E-state index is 12.4. The number of nitrogens with zero attached hydrogens (tertiary/aromatic N) is 1. The molecule has 6 nitrogen and oxygen atoms in total. The molecule has 2 amide bonds. The zero-order valence-electron chi connectivity index (χ0n) is 20.0. The Labute approximate surface area is 179 Å². The van der Waals surface area contributed by atoms with Gasteiger partial charge in [0.05, 0.1) is 12.6 Å². The van der Waals surface area contributed by atoms with Gasteiger partial charge in [0, 0.05) is 21.7 Å². The van der Waals surface area contributed by atoms with Crippen molar-refractivity contribution in [3.05, 3.63) is 0 Å². The number of likely N-dealkylation sites (N-methyl/N-ethyl adjacent to an activating group) is 1. The Bertz CT molecular complexity index is 520. The van der Waals surface area contributed by atoms with Gasteiger partial charge in [0.15, 0.2) is 0 Å². The van der Waals surface area contributed by atoms with Gasteiger partial charge in [-0.25, -0.2) is 9.59 Å². The van der Waals surface area contributed by atoms with Crippen molar-refractivity contribution in [3.63, 3.8) is 0 Å². The lowest BCUT2D eigenvalue weighted by Gasteiger charge is -2.32. The van der Waals surface area contributed by atoms with Gasteiger partial charge in [0.2, 0.25) is 0 Å². The van der Waals surface area contributed by atoms with Gasteiger partial charge < -0.3 is 19.7 Å². The van der Waals surface area contributed by atoms with Crippen LogP contribution in [0.3, 0.4) is 0 Å². The molecular formula is C22H44N2O4Si. The van der Waals surface area contributed by atoms with Crippen molar-refractivity contribution in [2.45, 2.75) is 97.1 Å². The standard InChI is InChI=1S/C22H44N2O4Si/c1-17-9-11-18(12-10-17)15-19(23-20(25)28-22(2,3)4)16-24(5)21(26)27-13-14-29(6,7)8/h17-19H,9-16H2,1-8H3,(H,23,25). The lowest BCUT2D eigenvalue weighted by molar-refractivity contribution is 0.0474. The van der Waals surface area contributed by atoms with E-state index in [0.29, 0.717) is 19.1 Å². The van der Waals surface area contributed by atoms with E-state index in [2.05, 4.69) is 31.9 Å². The summed E-state index contributed by atoms with van der Waals surface area (Å²) in [7, 11) is 0.500. The molecule has 29 heavy (non-hydrogen) atoms. The van der Waals surface area contributed by atoms with E-state index in [4.69, 9.17) is 9.47 Å². The van der Waals surface area contributed by atoms with Gasteiger partial charge in [-0.15, -0.1) is 0 Å². The quantitative estimate of drug-likeness (QED) is 0.518. The molecule has 0 heterocycles. The highest BCUT2D eigenvalue weighted by Gasteiger charge is 2.27. The average Bonchev–Trinajstić information content (AvgIpc) is 2.53. The molecule has 0 aromatic rings. The first-order valence-corrected chi connectivity index (χ1v) is 14.8. The number of ether oxygens (including phenoxy) is 2. The Morgan fingerprint density at radius 2 is 1.72 bits per heavy atom. The third-order valence-electron chi connectivity index (χ3n) is 5.36. The van der Waals surface area contributed by atoms with Crippen molar-refractivity contribution in [1.82, 2.24) is 10.2 Å². The van der Waals surface area contributed by atoms with E-state index >= 15 is 0 Å². The molecule has 0 spiro atoms. The van der Waals surface area contributed by atoms with E-state index in [1.54, 1.807) is 11.9 Å². The molecule has 1 atom stereocenters. The number of alkyl carbamates (subject to hydrolysis) is 1. The average molecular weight is 429 g/mol. The summed E-state index contributed by atoms with van der Waals surface area (Å²) in [4.78, 5) is 26.3. The van der Waals surface area contributed by atoms with Gasteiger partial charge in [-0.2, -0.15) is 0 Å². The number of rotatable bonds is 8. The van der Waals surface area contributed by atoms with Crippen molar-refractivity contribution >= 4 is 20.3 Å². The van der Waals surface area contributed by atoms with Crippen LogP contribution in [0.5, 0.6) is 0 Å². The van der Waals surface area contributed by atoms with Crippen molar-refractivity contribution in [2.75, 3.05) is 20.2 Å². The first kappa shape index (κ1) is 25.8. The van der Waals surface area contributed by atoms with Gasteiger partial charge >= 0.3 is 12.2 Å². The minimum atomic E-state index is -1.24. The van der Waals surface area contributed by atoms with Crippen molar-refractivity contribution in [3.8, 4) is 0 Å². The second-order valence-corrected chi connectivity index (χ2v) is 16.6. The molecule has 1 aliphatic carbocycles. The van der Waals surface area contributed by atoms with Crippen LogP contribution in [0.2, 0.25) is 25.7 Å². The van der Waals surface area contributed by atoms with Crippen LogP contribution in [0.25, 0.3) is 0 Å². The molecular weight excluding hydrogens is 384 g/mol. The predicted molar refractivity (Wildman–Crippen MR) is 121 cm³/mol. The van der Waals surface area contributed by atoms with Crippen LogP contribution in [0.1, 0.15) is 59.8 Å². The smallest absolute Gasteiger partial charge is 0.409 e. The number of amides is 2. The topological polar surface area (TPSA) is 67.9 Å². The molecule has 1 N–H and O–H groups in total. The van der Waals surface area contributed by atoms with Gasteiger partial charge in [-0.05, 0) is 45.1 Å². The summed E-state index contributed by atoms with van der Waals surface area (Å²) in [6.07, 6.45) is 4.94. The summed E-state index contributed by atoms with van der Waals surface area (Å²) in [5.74, 6) is 1.36. The second-order valence-electron chi connectivity index (χ2n) is 11.0.